The fourth-order valence-corrected chi connectivity index (χ4v) is 1.42. The van der Waals surface area contributed by atoms with Crippen LogP contribution < -0.4 is 0 Å². The SMILES string of the molecule is C[S+]([O-])CCCCCN=C=S. The molecule has 0 aliphatic heterocycles. The molecule has 4 heteroatoms. The quantitative estimate of drug-likeness (QED) is 0.277. The van der Waals surface area contributed by atoms with Gasteiger partial charge in [-0.15, -0.1) is 0 Å². The van der Waals surface area contributed by atoms with Crippen LogP contribution in [0.5, 0.6) is 0 Å². The van der Waals surface area contributed by atoms with E-state index < -0.39 is 11.2 Å². The second-order valence-electron chi connectivity index (χ2n) is 2.31. The first-order valence-electron chi connectivity index (χ1n) is 3.61. The molecule has 0 N–H and O–H groups in total. The first-order chi connectivity index (χ1) is 5.27. The minimum atomic E-state index is -0.640. The molecule has 0 aromatic rings. The summed E-state index contributed by atoms with van der Waals surface area (Å²) in [4.78, 5) is 3.78. The van der Waals surface area contributed by atoms with Crippen molar-refractivity contribution in [3.05, 3.63) is 0 Å². The van der Waals surface area contributed by atoms with E-state index in [4.69, 9.17) is 0 Å². The second kappa shape index (κ2) is 8.21. The largest absolute Gasteiger partial charge is 0.617 e. The van der Waals surface area contributed by atoms with Gasteiger partial charge in [0.05, 0.1) is 11.4 Å². The topological polar surface area (TPSA) is 35.4 Å². The Balaban J connectivity index is 2.96. The molecule has 2 nitrogen and oxygen atoms in total. The number of unbranched alkanes of at least 4 members (excludes halogenated alkanes) is 2. The molecular weight excluding hydrogens is 178 g/mol. The highest BCUT2D eigenvalue weighted by Gasteiger charge is 1.95. The molecule has 0 heterocycles. The zero-order valence-corrected chi connectivity index (χ0v) is 8.34. The van der Waals surface area contributed by atoms with E-state index in [-0.39, 0.29) is 0 Å². The van der Waals surface area contributed by atoms with Crippen LogP contribution >= 0.6 is 12.2 Å². The first kappa shape index (κ1) is 11.1. The summed E-state index contributed by atoms with van der Waals surface area (Å²) >= 11 is 3.77. The van der Waals surface area contributed by atoms with E-state index in [1.54, 1.807) is 6.26 Å². The third-order valence-corrected chi connectivity index (χ3v) is 2.26. The summed E-state index contributed by atoms with van der Waals surface area (Å²) in [7, 11) is 0. The maximum absolute atomic E-state index is 10.6. The highest BCUT2D eigenvalue weighted by Crippen LogP contribution is 1.98. The van der Waals surface area contributed by atoms with Gasteiger partial charge in [0.2, 0.25) is 0 Å². The molecule has 0 saturated heterocycles. The highest BCUT2D eigenvalue weighted by atomic mass is 32.2. The summed E-state index contributed by atoms with van der Waals surface area (Å²) in [6.07, 6.45) is 4.87. The molecule has 0 radical (unpaired) electrons. The lowest BCUT2D eigenvalue weighted by Gasteiger charge is -2.02. The molecule has 0 fully saturated rings. The Morgan fingerprint density at radius 3 is 2.73 bits per heavy atom. The third kappa shape index (κ3) is 10.1. The lowest BCUT2D eigenvalue weighted by Crippen LogP contribution is -2.02. The van der Waals surface area contributed by atoms with Gasteiger partial charge in [-0.25, -0.2) is 4.99 Å². The van der Waals surface area contributed by atoms with Crippen molar-refractivity contribution in [3.8, 4) is 0 Å². The molecule has 0 aliphatic rings. The standard InChI is InChI=1S/C7H13NOS2/c1-11(9)6-4-2-3-5-8-7-10/h2-6H2,1H3. The number of hydrogen-bond acceptors (Lipinski definition) is 3. The molecule has 11 heavy (non-hydrogen) atoms. The van der Waals surface area contributed by atoms with Gasteiger partial charge >= 0.3 is 0 Å². The van der Waals surface area contributed by atoms with Crippen LogP contribution in [0.15, 0.2) is 4.99 Å². The molecule has 1 unspecified atom stereocenters. The minimum absolute atomic E-state index is 0.640. The number of aliphatic imine (C=N–C) groups is 1. The van der Waals surface area contributed by atoms with E-state index in [0.29, 0.717) is 0 Å². The van der Waals surface area contributed by atoms with Crippen LogP contribution in [0.2, 0.25) is 0 Å². The summed E-state index contributed by atoms with van der Waals surface area (Å²) in [5, 5.41) is 2.32. The van der Waals surface area contributed by atoms with Gasteiger partial charge in [0.15, 0.2) is 0 Å². The Labute approximate surface area is 76.3 Å². The van der Waals surface area contributed by atoms with Gasteiger partial charge in [-0.2, -0.15) is 0 Å². The molecule has 0 bridgehead atoms. The number of nitrogens with zero attached hydrogens (tertiary/aromatic N) is 1. The van der Waals surface area contributed by atoms with Gasteiger partial charge in [-0.3, -0.25) is 0 Å². The first-order valence-corrected chi connectivity index (χ1v) is 5.74. The van der Waals surface area contributed by atoms with E-state index >= 15 is 0 Å². The van der Waals surface area contributed by atoms with Gasteiger partial charge in [0, 0.05) is 6.54 Å². The number of thiocarbonyl (C=S) groups is 1. The molecule has 0 aliphatic carbocycles. The van der Waals surface area contributed by atoms with Gasteiger partial charge < -0.3 is 4.55 Å². The Hall–Kier alpha value is 0.110. The maximum atomic E-state index is 10.6. The molecule has 1 atom stereocenters. The summed E-state index contributed by atoms with van der Waals surface area (Å²) in [5.74, 6) is 0.807. The van der Waals surface area contributed by atoms with Crippen LogP contribution in [0.4, 0.5) is 0 Å². The number of isothiocyanates is 1. The Morgan fingerprint density at radius 2 is 2.18 bits per heavy atom. The monoisotopic (exact) mass is 191 g/mol. The average Bonchev–Trinajstić information content (AvgIpc) is 1.96. The molecule has 0 spiro atoms. The zero-order chi connectivity index (χ0) is 8.53. The van der Waals surface area contributed by atoms with Crippen molar-refractivity contribution >= 4 is 28.6 Å². The van der Waals surface area contributed by atoms with Crippen molar-refractivity contribution in [2.24, 2.45) is 4.99 Å². The fourth-order valence-electron chi connectivity index (χ4n) is 0.719. The van der Waals surface area contributed by atoms with Crippen molar-refractivity contribution in [1.82, 2.24) is 0 Å². The van der Waals surface area contributed by atoms with Crippen molar-refractivity contribution in [1.29, 1.82) is 0 Å². The van der Waals surface area contributed by atoms with Crippen LogP contribution in [-0.4, -0.2) is 28.3 Å². The van der Waals surface area contributed by atoms with Crippen LogP contribution in [0.25, 0.3) is 0 Å². The lowest BCUT2D eigenvalue weighted by atomic mass is 10.2. The van der Waals surface area contributed by atoms with E-state index in [9.17, 15) is 4.55 Å². The molecule has 64 valence electrons. The van der Waals surface area contributed by atoms with Crippen molar-refractivity contribution in [2.75, 3.05) is 18.6 Å². The summed E-state index contributed by atoms with van der Waals surface area (Å²) in [6, 6.07) is 0. The maximum Gasteiger partial charge on any atom is 0.105 e. The third-order valence-electron chi connectivity index (χ3n) is 1.27. The highest BCUT2D eigenvalue weighted by molar-refractivity contribution is 7.90. The molecule has 0 rings (SSSR count). The van der Waals surface area contributed by atoms with Crippen LogP contribution in [-0.2, 0) is 11.2 Å². The van der Waals surface area contributed by atoms with E-state index in [0.717, 1.165) is 31.6 Å². The van der Waals surface area contributed by atoms with Crippen LogP contribution in [0, 0.1) is 0 Å². The molecule has 0 aromatic carbocycles. The van der Waals surface area contributed by atoms with Crippen LogP contribution in [0.3, 0.4) is 0 Å². The fraction of sp³-hybridized carbons (Fsp3) is 0.857. The zero-order valence-electron chi connectivity index (χ0n) is 6.71. The van der Waals surface area contributed by atoms with Crippen molar-refractivity contribution < 1.29 is 4.55 Å². The minimum Gasteiger partial charge on any atom is -0.617 e. The average molecular weight is 191 g/mol. The lowest BCUT2D eigenvalue weighted by molar-refractivity contribution is 0.595. The van der Waals surface area contributed by atoms with E-state index in [2.05, 4.69) is 22.4 Å². The Bertz CT molecular complexity index is 132. The van der Waals surface area contributed by atoms with Gasteiger partial charge in [0.1, 0.15) is 5.75 Å². The van der Waals surface area contributed by atoms with Gasteiger partial charge in [-0.1, -0.05) is 11.2 Å². The molecule has 0 saturated carbocycles. The smallest absolute Gasteiger partial charge is 0.105 e. The normalized spacial score (nSPS) is 12.2. The Kier molecular flexibility index (Phi) is 8.29. The predicted molar refractivity (Wildman–Crippen MR) is 52.7 cm³/mol. The number of rotatable bonds is 6. The summed E-state index contributed by atoms with van der Waals surface area (Å²) in [5.41, 5.74) is 0. The number of hydrogen-bond donors (Lipinski definition) is 0. The van der Waals surface area contributed by atoms with Crippen molar-refractivity contribution in [3.63, 3.8) is 0 Å². The molecule has 0 amide bonds. The summed E-state index contributed by atoms with van der Waals surface area (Å²) in [6.45, 7) is 0.764. The second-order valence-corrected chi connectivity index (χ2v) is 4.05. The van der Waals surface area contributed by atoms with Crippen molar-refractivity contribution in [2.45, 2.75) is 19.3 Å². The summed E-state index contributed by atoms with van der Waals surface area (Å²) < 4.78 is 10.6. The van der Waals surface area contributed by atoms with Crippen LogP contribution in [0.1, 0.15) is 19.3 Å². The molecular formula is C7H13NOS2. The van der Waals surface area contributed by atoms with Gasteiger partial charge in [0.25, 0.3) is 0 Å². The van der Waals surface area contributed by atoms with E-state index in [1.165, 1.54) is 0 Å². The van der Waals surface area contributed by atoms with E-state index in [1.807, 2.05) is 0 Å². The van der Waals surface area contributed by atoms with Gasteiger partial charge in [-0.05, 0) is 31.5 Å². The predicted octanol–water partition coefficient (Wildman–Crippen LogP) is 1.64. The Morgan fingerprint density at radius 1 is 1.45 bits per heavy atom. The molecule has 0 aromatic heterocycles.